The first kappa shape index (κ1) is 21.7. The van der Waals surface area contributed by atoms with Gasteiger partial charge in [0.25, 0.3) is 10.0 Å². The highest BCUT2D eigenvalue weighted by Crippen LogP contribution is 2.35. The number of anilines is 2. The van der Waals surface area contributed by atoms with Gasteiger partial charge in [-0.25, -0.2) is 22.2 Å². The van der Waals surface area contributed by atoms with Gasteiger partial charge in [-0.1, -0.05) is 32.9 Å². The summed E-state index contributed by atoms with van der Waals surface area (Å²) in [6, 6.07) is 11.0. The van der Waals surface area contributed by atoms with E-state index in [9.17, 15) is 17.2 Å². The summed E-state index contributed by atoms with van der Waals surface area (Å²) in [5.74, 6) is -2.05. The average Bonchev–Trinajstić information content (AvgIpc) is 3.10. The third-order valence-electron chi connectivity index (χ3n) is 4.98. The van der Waals surface area contributed by atoms with Crippen molar-refractivity contribution in [1.82, 2.24) is 15.2 Å². The minimum absolute atomic E-state index is 0.219. The van der Waals surface area contributed by atoms with Gasteiger partial charge in [-0.05, 0) is 47.5 Å². The third kappa shape index (κ3) is 4.01. The number of fused-ring (bicyclic) bond motifs is 1. The molecule has 0 aliphatic rings. The summed E-state index contributed by atoms with van der Waals surface area (Å²) < 4.78 is 54.0. The number of pyridine rings is 1. The largest absolute Gasteiger partial charge is 0.382 e. The quantitative estimate of drug-likeness (QED) is 0.415. The Hall–Kier alpha value is -3.53. The van der Waals surface area contributed by atoms with Crippen molar-refractivity contribution in [2.24, 2.45) is 0 Å². The number of nitrogens with zero attached hydrogens (tertiary/aromatic N) is 2. The molecule has 4 rings (SSSR count). The Balaban J connectivity index is 1.71. The number of halogens is 2. The summed E-state index contributed by atoms with van der Waals surface area (Å²) in [7, 11) is -4.09. The summed E-state index contributed by atoms with van der Waals surface area (Å²) in [5.41, 5.74) is 9.08. The van der Waals surface area contributed by atoms with Crippen molar-refractivity contribution in [3.63, 3.8) is 0 Å². The fourth-order valence-corrected chi connectivity index (χ4v) is 4.31. The first-order valence-electron chi connectivity index (χ1n) is 9.69. The molecule has 0 radical (unpaired) electrons. The number of sulfonamides is 1. The molecule has 0 amide bonds. The second-order valence-electron chi connectivity index (χ2n) is 8.40. The van der Waals surface area contributed by atoms with Crippen molar-refractivity contribution in [2.75, 3.05) is 10.5 Å². The number of benzene rings is 2. The third-order valence-corrected chi connectivity index (χ3v) is 6.35. The van der Waals surface area contributed by atoms with Crippen LogP contribution in [0, 0.1) is 11.6 Å². The van der Waals surface area contributed by atoms with E-state index in [0.29, 0.717) is 22.9 Å². The van der Waals surface area contributed by atoms with Crippen molar-refractivity contribution in [3.05, 3.63) is 65.9 Å². The highest BCUT2D eigenvalue weighted by Gasteiger charge is 2.21. The number of nitrogen functional groups attached to an aromatic ring is 1. The van der Waals surface area contributed by atoms with Gasteiger partial charge in [-0.3, -0.25) is 9.82 Å². The minimum atomic E-state index is -4.09. The van der Waals surface area contributed by atoms with Gasteiger partial charge in [0.15, 0.2) is 23.1 Å². The van der Waals surface area contributed by atoms with Gasteiger partial charge in [-0.15, -0.1) is 0 Å². The molecule has 7 nitrogen and oxygen atoms in total. The maximum atomic E-state index is 13.4. The van der Waals surface area contributed by atoms with Crippen LogP contribution in [0.15, 0.2) is 53.4 Å². The SMILES string of the molecule is CC(C)(C)c1cc(-c2ccc(NS(=O)(=O)c3ccc(F)c(F)c3)cc2)c2c(N)n[nH]c2n1. The lowest BCUT2D eigenvalue weighted by atomic mass is 9.89. The van der Waals surface area contributed by atoms with Gasteiger partial charge in [-0.2, -0.15) is 5.10 Å². The fraction of sp³-hybridized carbons (Fsp3) is 0.182. The molecule has 0 unspecified atom stereocenters. The summed E-state index contributed by atoms with van der Waals surface area (Å²) in [4.78, 5) is 4.24. The van der Waals surface area contributed by atoms with E-state index in [4.69, 9.17) is 5.73 Å². The van der Waals surface area contributed by atoms with Gasteiger partial charge < -0.3 is 5.73 Å². The van der Waals surface area contributed by atoms with Crippen LogP contribution in [-0.2, 0) is 15.4 Å². The highest BCUT2D eigenvalue weighted by atomic mass is 32.2. The Bertz CT molecular complexity index is 1430. The zero-order valence-corrected chi connectivity index (χ0v) is 18.4. The second kappa shape index (κ2) is 7.56. The van der Waals surface area contributed by atoms with E-state index >= 15 is 0 Å². The molecular weight excluding hydrogens is 436 g/mol. The van der Waals surface area contributed by atoms with Crippen molar-refractivity contribution < 1.29 is 17.2 Å². The van der Waals surface area contributed by atoms with E-state index in [0.717, 1.165) is 29.0 Å². The number of aromatic amines is 1. The molecule has 166 valence electrons. The van der Waals surface area contributed by atoms with E-state index in [2.05, 4.69) is 19.9 Å². The Morgan fingerprint density at radius 2 is 1.69 bits per heavy atom. The second-order valence-corrected chi connectivity index (χ2v) is 10.1. The summed E-state index contributed by atoms with van der Waals surface area (Å²) in [5, 5.41) is 7.58. The smallest absolute Gasteiger partial charge is 0.261 e. The predicted octanol–water partition coefficient (Wildman–Crippen LogP) is 4.58. The van der Waals surface area contributed by atoms with E-state index in [-0.39, 0.29) is 16.0 Å². The van der Waals surface area contributed by atoms with Gasteiger partial charge >= 0.3 is 0 Å². The standard InChI is InChI=1S/C22H21F2N5O2S/c1-22(2,3)18-11-15(19-20(25)27-28-21(19)26-18)12-4-6-13(7-5-12)29-32(30,31)14-8-9-16(23)17(24)10-14/h4-11,29H,1-3H3,(H3,25,26,27,28). The molecule has 2 aromatic carbocycles. The van der Waals surface area contributed by atoms with E-state index in [1.807, 2.05) is 26.8 Å². The predicted molar refractivity (Wildman–Crippen MR) is 120 cm³/mol. The summed E-state index contributed by atoms with van der Waals surface area (Å²) in [6.07, 6.45) is 0. The maximum Gasteiger partial charge on any atom is 0.261 e. The highest BCUT2D eigenvalue weighted by molar-refractivity contribution is 7.92. The van der Waals surface area contributed by atoms with Crippen LogP contribution in [0.5, 0.6) is 0 Å². The van der Waals surface area contributed by atoms with E-state index in [1.165, 1.54) is 0 Å². The molecule has 0 bridgehead atoms. The van der Waals surface area contributed by atoms with Crippen molar-refractivity contribution in [1.29, 1.82) is 0 Å². The van der Waals surface area contributed by atoms with Crippen LogP contribution in [-0.4, -0.2) is 23.6 Å². The molecule has 0 fully saturated rings. The lowest BCUT2D eigenvalue weighted by Gasteiger charge is -2.19. The molecule has 10 heteroatoms. The van der Waals surface area contributed by atoms with Crippen LogP contribution in [0.1, 0.15) is 26.5 Å². The molecule has 32 heavy (non-hydrogen) atoms. The Morgan fingerprint density at radius 3 is 2.31 bits per heavy atom. The van der Waals surface area contributed by atoms with Crippen LogP contribution in [0.4, 0.5) is 20.3 Å². The number of hydrogen-bond donors (Lipinski definition) is 3. The lowest BCUT2D eigenvalue weighted by molar-refractivity contribution is 0.504. The van der Waals surface area contributed by atoms with Gasteiger partial charge in [0.2, 0.25) is 0 Å². The zero-order valence-electron chi connectivity index (χ0n) is 17.6. The number of H-pyrrole nitrogens is 1. The fourth-order valence-electron chi connectivity index (χ4n) is 3.24. The van der Waals surface area contributed by atoms with Gasteiger partial charge in [0.1, 0.15) is 0 Å². The van der Waals surface area contributed by atoms with Crippen LogP contribution >= 0.6 is 0 Å². The number of rotatable bonds is 4. The molecule has 0 spiro atoms. The maximum absolute atomic E-state index is 13.4. The summed E-state index contributed by atoms with van der Waals surface area (Å²) in [6.45, 7) is 6.13. The van der Waals surface area contributed by atoms with Gasteiger partial charge in [0, 0.05) is 16.8 Å². The first-order valence-corrected chi connectivity index (χ1v) is 11.2. The number of nitrogens with two attached hydrogens (primary N) is 1. The van der Waals surface area contributed by atoms with Crippen LogP contribution < -0.4 is 10.5 Å². The topological polar surface area (TPSA) is 114 Å². The van der Waals surface area contributed by atoms with Gasteiger partial charge in [0.05, 0.1) is 10.3 Å². The number of nitrogens with one attached hydrogen (secondary N) is 2. The minimum Gasteiger partial charge on any atom is -0.382 e. The molecule has 2 heterocycles. The number of aromatic nitrogens is 3. The molecule has 4 aromatic rings. The van der Waals surface area contributed by atoms with Crippen LogP contribution in [0.2, 0.25) is 0 Å². The van der Waals surface area contributed by atoms with Crippen molar-refractivity contribution in [3.8, 4) is 11.1 Å². The van der Waals surface area contributed by atoms with Crippen LogP contribution in [0.25, 0.3) is 22.2 Å². The monoisotopic (exact) mass is 457 g/mol. The number of hydrogen-bond acceptors (Lipinski definition) is 5. The molecule has 0 aliphatic carbocycles. The van der Waals surface area contributed by atoms with E-state index < -0.39 is 21.7 Å². The summed E-state index contributed by atoms with van der Waals surface area (Å²) >= 11 is 0. The molecule has 0 saturated carbocycles. The molecule has 0 saturated heterocycles. The van der Waals surface area contributed by atoms with Crippen molar-refractivity contribution >= 4 is 32.6 Å². The Labute approximate surface area is 183 Å². The zero-order chi connectivity index (χ0) is 23.3. The van der Waals surface area contributed by atoms with E-state index in [1.54, 1.807) is 24.3 Å². The molecule has 2 aromatic heterocycles. The molecule has 0 atom stereocenters. The van der Waals surface area contributed by atoms with Crippen molar-refractivity contribution in [2.45, 2.75) is 31.1 Å². The Morgan fingerprint density at radius 1 is 1.00 bits per heavy atom. The first-order chi connectivity index (χ1) is 15.0. The normalized spacial score (nSPS) is 12.3. The molecule has 4 N–H and O–H groups in total. The lowest BCUT2D eigenvalue weighted by Crippen LogP contribution is -2.14. The Kier molecular flexibility index (Phi) is 5.12. The van der Waals surface area contributed by atoms with Crippen LogP contribution in [0.3, 0.4) is 0 Å². The molecule has 0 aliphatic heterocycles. The molecular formula is C22H21F2N5O2S. The average molecular weight is 458 g/mol.